The molecule has 2 rings (SSSR count). The lowest BCUT2D eigenvalue weighted by Gasteiger charge is -2.20. The first kappa shape index (κ1) is 17.8. The number of hydrogen-bond donors (Lipinski definition) is 1. The number of amides is 1. The molecule has 0 spiro atoms. The largest absolute Gasteiger partial charge is 0.416 e. The molecule has 0 saturated carbocycles. The van der Waals surface area contributed by atoms with E-state index in [2.05, 4.69) is 10.3 Å². The van der Waals surface area contributed by atoms with E-state index in [0.29, 0.717) is 11.3 Å². The molecule has 128 valence electrons. The molecule has 24 heavy (non-hydrogen) atoms. The molecule has 1 aromatic heterocycles. The molecular weight excluding hydrogens is 319 g/mol. The SMILES string of the molecule is CCN(CC)c1cncc(C(=O)Nc2ccc(C(F)(F)F)cc2)c1. The Kier molecular flexibility index (Phi) is 5.43. The van der Waals surface area contributed by atoms with Crippen LogP contribution in [-0.2, 0) is 6.18 Å². The maximum absolute atomic E-state index is 12.5. The molecular formula is C17H18F3N3O. The van der Waals surface area contributed by atoms with Crippen molar-refractivity contribution in [1.82, 2.24) is 4.98 Å². The van der Waals surface area contributed by atoms with Crippen LogP contribution in [0.1, 0.15) is 29.8 Å². The fourth-order valence-electron chi connectivity index (χ4n) is 2.26. The van der Waals surface area contributed by atoms with Gasteiger partial charge in [-0.05, 0) is 44.2 Å². The number of carbonyl (C=O) groups is 1. The third-order valence-corrected chi connectivity index (χ3v) is 3.58. The molecule has 1 amide bonds. The number of aromatic nitrogens is 1. The Morgan fingerprint density at radius 1 is 1.12 bits per heavy atom. The standard InChI is InChI=1S/C17H18F3N3O/c1-3-23(4-2)15-9-12(10-21-11-15)16(24)22-14-7-5-13(6-8-14)17(18,19)20/h5-11H,3-4H2,1-2H3,(H,22,24). The van der Waals surface area contributed by atoms with Crippen LogP contribution in [0.4, 0.5) is 24.5 Å². The zero-order valence-electron chi connectivity index (χ0n) is 13.4. The van der Waals surface area contributed by atoms with Crippen LogP contribution in [0, 0.1) is 0 Å². The van der Waals surface area contributed by atoms with Crippen LogP contribution in [0.15, 0.2) is 42.7 Å². The van der Waals surface area contributed by atoms with Gasteiger partial charge >= 0.3 is 6.18 Å². The Balaban J connectivity index is 2.14. The molecule has 0 fully saturated rings. The van der Waals surface area contributed by atoms with E-state index in [1.807, 2.05) is 18.7 Å². The number of benzene rings is 1. The zero-order valence-corrected chi connectivity index (χ0v) is 13.4. The van der Waals surface area contributed by atoms with Gasteiger partial charge in [-0.15, -0.1) is 0 Å². The van der Waals surface area contributed by atoms with E-state index in [-0.39, 0.29) is 0 Å². The molecule has 0 radical (unpaired) electrons. The van der Waals surface area contributed by atoms with Crippen molar-refractivity contribution in [2.24, 2.45) is 0 Å². The molecule has 0 aliphatic rings. The van der Waals surface area contributed by atoms with Gasteiger partial charge in [-0.3, -0.25) is 9.78 Å². The molecule has 1 aromatic carbocycles. The molecule has 0 aliphatic carbocycles. The lowest BCUT2D eigenvalue weighted by atomic mass is 10.2. The van der Waals surface area contributed by atoms with Crippen LogP contribution in [0.3, 0.4) is 0 Å². The lowest BCUT2D eigenvalue weighted by Crippen LogP contribution is -2.22. The highest BCUT2D eigenvalue weighted by molar-refractivity contribution is 6.04. The summed E-state index contributed by atoms with van der Waals surface area (Å²) in [6, 6.07) is 6.02. The van der Waals surface area contributed by atoms with E-state index < -0.39 is 17.6 Å². The monoisotopic (exact) mass is 337 g/mol. The number of hydrogen-bond acceptors (Lipinski definition) is 3. The van der Waals surface area contributed by atoms with Crippen molar-refractivity contribution in [1.29, 1.82) is 0 Å². The predicted octanol–water partition coefficient (Wildman–Crippen LogP) is 4.20. The van der Waals surface area contributed by atoms with Gasteiger partial charge in [0.15, 0.2) is 0 Å². The summed E-state index contributed by atoms with van der Waals surface area (Å²) in [7, 11) is 0. The number of pyridine rings is 1. The minimum atomic E-state index is -4.40. The summed E-state index contributed by atoms with van der Waals surface area (Å²) in [4.78, 5) is 18.4. The topological polar surface area (TPSA) is 45.2 Å². The quantitative estimate of drug-likeness (QED) is 0.889. The Morgan fingerprint density at radius 3 is 2.29 bits per heavy atom. The highest BCUT2D eigenvalue weighted by atomic mass is 19.4. The van der Waals surface area contributed by atoms with Crippen molar-refractivity contribution in [2.45, 2.75) is 20.0 Å². The van der Waals surface area contributed by atoms with E-state index in [1.54, 1.807) is 12.3 Å². The molecule has 1 N–H and O–H groups in total. The van der Waals surface area contributed by atoms with Gasteiger partial charge in [0.2, 0.25) is 0 Å². The van der Waals surface area contributed by atoms with E-state index in [1.165, 1.54) is 18.3 Å². The van der Waals surface area contributed by atoms with Gasteiger partial charge in [-0.2, -0.15) is 13.2 Å². The van der Waals surface area contributed by atoms with Crippen LogP contribution < -0.4 is 10.2 Å². The Bertz CT molecular complexity index is 695. The Hall–Kier alpha value is -2.57. The van der Waals surface area contributed by atoms with Crippen molar-refractivity contribution in [3.8, 4) is 0 Å². The lowest BCUT2D eigenvalue weighted by molar-refractivity contribution is -0.137. The van der Waals surface area contributed by atoms with Gasteiger partial charge in [0.1, 0.15) is 0 Å². The van der Waals surface area contributed by atoms with Gasteiger partial charge < -0.3 is 10.2 Å². The highest BCUT2D eigenvalue weighted by Crippen LogP contribution is 2.29. The molecule has 0 unspecified atom stereocenters. The van der Waals surface area contributed by atoms with Crippen molar-refractivity contribution in [3.63, 3.8) is 0 Å². The van der Waals surface area contributed by atoms with E-state index in [9.17, 15) is 18.0 Å². The molecule has 7 heteroatoms. The number of anilines is 2. The molecule has 0 atom stereocenters. The Labute approximate surface area is 138 Å². The van der Waals surface area contributed by atoms with E-state index in [0.717, 1.165) is 30.9 Å². The summed E-state index contributed by atoms with van der Waals surface area (Å²) in [5.74, 6) is -0.420. The number of halogens is 3. The summed E-state index contributed by atoms with van der Waals surface area (Å²) < 4.78 is 37.6. The average Bonchev–Trinajstić information content (AvgIpc) is 2.56. The number of carbonyl (C=O) groups excluding carboxylic acids is 1. The predicted molar refractivity (Wildman–Crippen MR) is 87.2 cm³/mol. The van der Waals surface area contributed by atoms with Crippen molar-refractivity contribution >= 4 is 17.3 Å². The number of nitrogens with zero attached hydrogens (tertiary/aromatic N) is 2. The second-order valence-corrected chi connectivity index (χ2v) is 5.13. The third kappa shape index (κ3) is 4.24. The second-order valence-electron chi connectivity index (χ2n) is 5.13. The van der Waals surface area contributed by atoms with Gasteiger partial charge in [0, 0.05) is 25.0 Å². The van der Waals surface area contributed by atoms with Crippen LogP contribution in [0.2, 0.25) is 0 Å². The van der Waals surface area contributed by atoms with Gasteiger partial charge in [-0.25, -0.2) is 0 Å². The van der Waals surface area contributed by atoms with Gasteiger partial charge in [-0.1, -0.05) is 0 Å². The first-order valence-corrected chi connectivity index (χ1v) is 7.53. The average molecular weight is 337 g/mol. The molecule has 0 aliphatic heterocycles. The Morgan fingerprint density at radius 2 is 1.75 bits per heavy atom. The molecule has 1 heterocycles. The van der Waals surface area contributed by atoms with Crippen LogP contribution in [-0.4, -0.2) is 24.0 Å². The fraction of sp³-hybridized carbons (Fsp3) is 0.294. The summed E-state index contributed by atoms with van der Waals surface area (Å²) in [6.45, 7) is 5.56. The first-order chi connectivity index (χ1) is 11.3. The second kappa shape index (κ2) is 7.33. The van der Waals surface area contributed by atoms with Crippen molar-refractivity contribution in [3.05, 3.63) is 53.9 Å². The minimum absolute atomic E-state index is 0.293. The van der Waals surface area contributed by atoms with E-state index in [4.69, 9.17) is 0 Å². The normalized spacial score (nSPS) is 11.2. The van der Waals surface area contributed by atoms with E-state index >= 15 is 0 Å². The molecule has 2 aromatic rings. The molecule has 0 saturated heterocycles. The van der Waals surface area contributed by atoms with Crippen molar-refractivity contribution in [2.75, 3.05) is 23.3 Å². The number of rotatable bonds is 5. The summed E-state index contributed by atoms with van der Waals surface area (Å²) in [5.41, 5.74) is 0.700. The summed E-state index contributed by atoms with van der Waals surface area (Å²) in [6.07, 6.45) is -1.31. The summed E-state index contributed by atoms with van der Waals surface area (Å²) in [5, 5.41) is 2.57. The van der Waals surface area contributed by atoms with Gasteiger partial charge in [0.05, 0.1) is 23.0 Å². The van der Waals surface area contributed by atoms with Crippen LogP contribution in [0.5, 0.6) is 0 Å². The fourth-order valence-corrected chi connectivity index (χ4v) is 2.26. The van der Waals surface area contributed by atoms with Crippen LogP contribution >= 0.6 is 0 Å². The smallest absolute Gasteiger partial charge is 0.371 e. The summed E-state index contributed by atoms with van der Waals surface area (Å²) >= 11 is 0. The van der Waals surface area contributed by atoms with Crippen molar-refractivity contribution < 1.29 is 18.0 Å². The molecule has 0 bridgehead atoms. The maximum atomic E-state index is 12.5. The highest BCUT2D eigenvalue weighted by Gasteiger charge is 2.30. The van der Waals surface area contributed by atoms with Gasteiger partial charge in [0.25, 0.3) is 5.91 Å². The number of alkyl halides is 3. The third-order valence-electron chi connectivity index (χ3n) is 3.58. The number of nitrogens with one attached hydrogen (secondary N) is 1. The first-order valence-electron chi connectivity index (χ1n) is 7.53. The van der Waals surface area contributed by atoms with Crippen LogP contribution in [0.25, 0.3) is 0 Å². The molecule has 4 nitrogen and oxygen atoms in total. The minimum Gasteiger partial charge on any atom is -0.371 e. The maximum Gasteiger partial charge on any atom is 0.416 e. The zero-order chi connectivity index (χ0) is 17.7.